The van der Waals surface area contributed by atoms with Gasteiger partial charge in [-0.25, -0.2) is 0 Å². The molecule has 0 bridgehead atoms. The third-order valence-electron chi connectivity index (χ3n) is 14.0. The summed E-state index contributed by atoms with van der Waals surface area (Å²) in [6.45, 7) is 6.52. The van der Waals surface area contributed by atoms with Gasteiger partial charge in [0.25, 0.3) is 0 Å². The lowest BCUT2D eigenvalue weighted by Crippen LogP contribution is -2.30. The van der Waals surface area contributed by atoms with E-state index in [0.717, 1.165) is 83.5 Å². The summed E-state index contributed by atoms with van der Waals surface area (Å²) in [6, 6.07) is 0. The van der Waals surface area contributed by atoms with E-state index in [0.29, 0.717) is 19.3 Å². The van der Waals surface area contributed by atoms with Gasteiger partial charge >= 0.3 is 17.9 Å². The van der Waals surface area contributed by atoms with Crippen LogP contribution in [0.1, 0.15) is 329 Å². The molecule has 0 radical (unpaired) electrons. The molecule has 0 N–H and O–H groups in total. The number of carbonyl (C=O) groups is 3. The molecule has 0 heterocycles. The average Bonchev–Trinajstić information content (AvgIpc) is 3.39. The molecule has 73 heavy (non-hydrogen) atoms. The zero-order chi connectivity index (χ0) is 52.9. The van der Waals surface area contributed by atoms with Crippen molar-refractivity contribution < 1.29 is 28.6 Å². The van der Waals surface area contributed by atoms with Crippen molar-refractivity contribution in [2.45, 2.75) is 335 Å². The van der Waals surface area contributed by atoms with Crippen molar-refractivity contribution in [3.05, 3.63) is 60.8 Å². The van der Waals surface area contributed by atoms with Crippen LogP contribution < -0.4 is 0 Å². The van der Waals surface area contributed by atoms with Gasteiger partial charge in [0.2, 0.25) is 0 Å². The van der Waals surface area contributed by atoms with E-state index in [1.165, 1.54) is 205 Å². The van der Waals surface area contributed by atoms with Crippen LogP contribution in [0.4, 0.5) is 0 Å². The van der Waals surface area contributed by atoms with Gasteiger partial charge in [0, 0.05) is 19.3 Å². The second-order valence-electron chi connectivity index (χ2n) is 21.3. The van der Waals surface area contributed by atoms with Crippen molar-refractivity contribution in [1.29, 1.82) is 0 Å². The Bertz CT molecular complexity index is 1310. The molecule has 0 aromatic carbocycles. The predicted octanol–water partition coefficient (Wildman–Crippen LogP) is 21.6. The van der Waals surface area contributed by atoms with Crippen LogP contribution in [0.25, 0.3) is 0 Å². The van der Waals surface area contributed by atoms with E-state index in [2.05, 4.69) is 81.5 Å². The summed E-state index contributed by atoms with van der Waals surface area (Å²) in [7, 11) is 0. The highest BCUT2D eigenvalue weighted by atomic mass is 16.6. The topological polar surface area (TPSA) is 78.9 Å². The molecule has 0 saturated carbocycles. The van der Waals surface area contributed by atoms with Crippen molar-refractivity contribution in [2.24, 2.45) is 0 Å². The quantitative estimate of drug-likeness (QED) is 0.0261. The maximum atomic E-state index is 12.9. The third-order valence-corrected chi connectivity index (χ3v) is 14.0. The van der Waals surface area contributed by atoms with Crippen molar-refractivity contribution in [2.75, 3.05) is 13.2 Å². The first-order valence-corrected chi connectivity index (χ1v) is 31.8. The lowest BCUT2D eigenvalue weighted by molar-refractivity contribution is -0.167. The van der Waals surface area contributed by atoms with Crippen molar-refractivity contribution in [1.82, 2.24) is 0 Å². The summed E-state index contributed by atoms with van der Waals surface area (Å²) < 4.78 is 16.8. The number of esters is 3. The molecule has 0 amide bonds. The summed E-state index contributed by atoms with van der Waals surface area (Å²) in [5, 5.41) is 0. The minimum absolute atomic E-state index is 0.0729. The number of allylic oxidation sites excluding steroid dienone is 10. The first-order chi connectivity index (χ1) is 36.0. The molecule has 0 aromatic heterocycles. The van der Waals surface area contributed by atoms with E-state index in [1.54, 1.807) is 0 Å². The average molecular weight is 1020 g/mol. The monoisotopic (exact) mass is 1020 g/mol. The lowest BCUT2D eigenvalue weighted by Gasteiger charge is -2.18. The maximum absolute atomic E-state index is 12.9. The van der Waals surface area contributed by atoms with Gasteiger partial charge in [0.05, 0.1) is 0 Å². The van der Waals surface area contributed by atoms with Crippen molar-refractivity contribution in [3.63, 3.8) is 0 Å². The number of hydrogen-bond donors (Lipinski definition) is 0. The number of rotatable bonds is 58. The standard InChI is InChI=1S/C67H120O6/c1-4-7-10-13-16-18-20-22-24-26-28-30-32-33-35-36-38-40-42-44-46-48-51-54-57-60-66(69)72-63-64(62-71-65(68)59-56-53-50-15-12-9-6-3)73-67(70)61-58-55-52-49-47-45-43-41-39-37-34-31-29-27-25-23-21-19-17-14-11-8-5-2/h8,11,17,19,23,25-26,28-29,31,64H,4-7,9-10,12-16,18,20-22,24,27,30,32-63H2,1-3H3/b11-8-,19-17-,25-23-,28-26-,31-29-. The molecule has 6 heteroatoms. The number of unbranched alkanes of at least 4 members (excludes halogenated alkanes) is 37. The van der Waals surface area contributed by atoms with Gasteiger partial charge in [-0.15, -0.1) is 0 Å². The second kappa shape index (κ2) is 61.7. The third kappa shape index (κ3) is 59.9. The van der Waals surface area contributed by atoms with E-state index >= 15 is 0 Å². The fourth-order valence-electron chi connectivity index (χ4n) is 9.25. The molecule has 1 unspecified atom stereocenters. The van der Waals surface area contributed by atoms with Gasteiger partial charge in [0.1, 0.15) is 13.2 Å². The summed E-state index contributed by atoms with van der Waals surface area (Å²) >= 11 is 0. The van der Waals surface area contributed by atoms with Gasteiger partial charge in [-0.3, -0.25) is 14.4 Å². The van der Waals surface area contributed by atoms with Crippen molar-refractivity contribution >= 4 is 17.9 Å². The molecular weight excluding hydrogens is 901 g/mol. The molecule has 0 fully saturated rings. The molecule has 0 aromatic rings. The zero-order valence-electron chi connectivity index (χ0n) is 48.7. The fraction of sp³-hybridized carbons (Fsp3) is 0.806. The van der Waals surface area contributed by atoms with Crippen LogP contribution in [-0.2, 0) is 28.6 Å². The van der Waals surface area contributed by atoms with Crippen LogP contribution in [0.15, 0.2) is 60.8 Å². The Hall–Kier alpha value is -2.89. The van der Waals surface area contributed by atoms with E-state index < -0.39 is 6.10 Å². The minimum atomic E-state index is -0.773. The molecule has 0 aliphatic rings. The summed E-state index contributed by atoms with van der Waals surface area (Å²) in [5.41, 5.74) is 0. The highest BCUT2D eigenvalue weighted by molar-refractivity contribution is 5.71. The number of hydrogen-bond acceptors (Lipinski definition) is 6. The van der Waals surface area contributed by atoms with Gasteiger partial charge in [-0.1, -0.05) is 287 Å². The first kappa shape index (κ1) is 70.1. The van der Waals surface area contributed by atoms with Crippen molar-refractivity contribution in [3.8, 4) is 0 Å². The largest absolute Gasteiger partial charge is 0.462 e. The van der Waals surface area contributed by atoms with Crippen LogP contribution in [0.2, 0.25) is 0 Å². The van der Waals surface area contributed by atoms with Gasteiger partial charge in [-0.2, -0.15) is 0 Å². The maximum Gasteiger partial charge on any atom is 0.306 e. The van der Waals surface area contributed by atoms with Gasteiger partial charge in [-0.05, 0) is 83.5 Å². The van der Waals surface area contributed by atoms with Crippen LogP contribution in [0.3, 0.4) is 0 Å². The molecule has 0 aliphatic heterocycles. The Morgan fingerprint density at radius 3 is 0.849 bits per heavy atom. The van der Waals surface area contributed by atoms with Crippen LogP contribution in [-0.4, -0.2) is 37.2 Å². The van der Waals surface area contributed by atoms with Crippen LogP contribution in [0, 0.1) is 0 Å². The summed E-state index contributed by atoms with van der Waals surface area (Å²) in [4.78, 5) is 38.1. The Balaban J connectivity index is 4.11. The van der Waals surface area contributed by atoms with Gasteiger partial charge < -0.3 is 14.2 Å². The number of ether oxygens (including phenoxy) is 3. The molecule has 1 atom stereocenters. The second-order valence-corrected chi connectivity index (χ2v) is 21.3. The first-order valence-electron chi connectivity index (χ1n) is 31.8. The molecular formula is C67H120O6. The highest BCUT2D eigenvalue weighted by Gasteiger charge is 2.19. The minimum Gasteiger partial charge on any atom is -0.462 e. The zero-order valence-corrected chi connectivity index (χ0v) is 48.7. The Kier molecular flexibility index (Phi) is 59.2. The Morgan fingerprint density at radius 1 is 0.288 bits per heavy atom. The predicted molar refractivity (Wildman–Crippen MR) is 316 cm³/mol. The highest BCUT2D eigenvalue weighted by Crippen LogP contribution is 2.17. The van der Waals surface area contributed by atoms with Crippen LogP contribution in [0.5, 0.6) is 0 Å². The van der Waals surface area contributed by atoms with E-state index in [1.807, 2.05) is 0 Å². The summed E-state index contributed by atoms with van der Waals surface area (Å²) in [6.07, 6.45) is 78.3. The number of carbonyl (C=O) groups excluding carboxylic acids is 3. The molecule has 6 nitrogen and oxygen atoms in total. The Labute approximate surface area is 453 Å². The van der Waals surface area contributed by atoms with Crippen LogP contribution >= 0.6 is 0 Å². The summed E-state index contributed by atoms with van der Waals surface area (Å²) in [5.74, 6) is -0.869. The smallest absolute Gasteiger partial charge is 0.306 e. The van der Waals surface area contributed by atoms with Gasteiger partial charge in [0.15, 0.2) is 6.10 Å². The Morgan fingerprint density at radius 2 is 0.534 bits per heavy atom. The molecule has 424 valence electrons. The molecule has 0 rings (SSSR count). The lowest BCUT2D eigenvalue weighted by atomic mass is 10.0. The SMILES string of the molecule is CC/C=C\C/C=C\C/C=C\C/C=C\CCCCCCCCCCCCC(=O)OC(COC(=O)CCCCCCCCC)COC(=O)CCCCCCCCCCCCCCC/C=C\CCCCCCCCCC. The normalized spacial score (nSPS) is 12.4. The van der Waals surface area contributed by atoms with E-state index in [4.69, 9.17) is 14.2 Å². The molecule has 0 spiro atoms. The van der Waals surface area contributed by atoms with E-state index in [9.17, 15) is 14.4 Å². The fourth-order valence-corrected chi connectivity index (χ4v) is 9.25. The molecule has 0 saturated heterocycles. The van der Waals surface area contributed by atoms with E-state index in [-0.39, 0.29) is 31.1 Å². The molecule has 0 aliphatic carbocycles.